The molecule has 1 saturated heterocycles. The van der Waals surface area contributed by atoms with Crippen LogP contribution in [0, 0.1) is 0 Å². The van der Waals surface area contributed by atoms with Crippen molar-refractivity contribution in [3.8, 4) is 0 Å². The van der Waals surface area contributed by atoms with Crippen LogP contribution in [0.25, 0.3) is 0 Å². The molecule has 1 fully saturated rings. The molecule has 0 aromatic heterocycles. The molecule has 0 bridgehead atoms. The van der Waals surface area contributed by atoms with Gasteiger partial charge in [-0.3, -0.25) is 19.3 Å². The van der Waals surface area contributed by atoms with Gasteiger partial charge in [0.1, 0.15) is 17.1 Å². The first-order valence-electron chi connectivity index (χ1n) is 10.6. The average Bonchev–Trinajstić information content (AvgIpc) is 2.76. The molecular formula is C23H29N4O5S+. The predicted octanol–water partition coefficient (Wildman–Crippen LogP) is 0.474. The van der Waals surface area contributed by atoms with Gasteiger partial charge in [-0.1, -0.05) is 36.4 Å². The van der Waals surface area contributed by atoms with E-state index in [-0.39, 0.29) is 18.0 Å². The van der Waals surface area contributed by atoms with Crippen LogP contribution < -0.4 is 11.1 Å². The molecule has 1 aromatic rings. The first-order valence-corrected chi connectivity index (χ1v) is 11.6. The third-order valence-corrected chi connectivity index (χ3v) is 7.38. The molecule has 3 rings (SSSR count). The number of rotatable bonds is 9. The number of benzene rings is 1. The number of quaternary nitrogens is 1. The lowest BCUT2D eigenvalue weighted by molar-refractivity contribution is -0.898. The number of nitrogens with zero attached hydrogens (tertiary/aromatic N) is 2. The molecular weight excluding hydrogens is 444 g/mol. The third-order valence-electron chi connectivity index (χ3n) is 6.08. The number of carbonyl (C=O) groups excluding carboxylic acids is 3. The number of aliphatic carboxylic acids is 1. The fourth-order valence-electron chi connectivity index (χ4n) is 3.75. The molecule has 4 N–H and O–H groups in total. The van der Waals surface area contributed by atoms with E-state index in [1.54, 1.807) is 19.1 Å². The molecule has 33 heavy (non-hydrogen) atoms. The van der Waals surface area contributed by atoms with Crippen molar-refractivity contribution in [2.45, 2.75) is 30.8 Å². The van der Waals surface area contributed by atoms with E-state index < -0.39 is 35.2 Å². The number of thioether (sulfide) groups is 1. The van der Waals surface area contributed by atoms with Crippen LogP contribution >= 0.6 is 11.8 Å². The van der Waals surface area contributed by atoms with Crippen LogP contribution in [0.15, 0.2) is 53.8 Å². The fraction of sp³-hybridized carbons (Fsp3) is 0.391. The highest BCUT2D eigenvalue weighted by molar-refractivity contribution is 8.00. The van der Waals surface area contributed by atoms with Gasteiger partial charge in [0.25, 0.3) is 11.8 Å². The summed E-state index contributed by atoms with van der Waals surface area (Å²) in [7, 11) is 3.72. The number of carbonyl (C=O) groups is 4. The summed E-state index contributed by atoms with van der Waals surface area (Å²) in [6, 6.07) is 8.03. The number of fused-ring (bicyclic) bond motifs is 1. The van der Waals surface area contributed by atoms with Crippen LogP contribution in [-0.4, -0.2) is 82.0 Å². The molecule has 0 unspecified atom stereocenters. The Hall–Kier alpha value is -3.11. The number of carboxylic acids is 1. The summed E-state index contributed by atoms with van der Waals surface area (Å²) in [4.78, 5) is 49.9. The number of hydrogen-bond donors (Lipinski definition) is 3. The largest absolute Gasteiger partial charge is 0.477 e. The summed E-state index contributed by atoms with van der Waals surface area (Å²) in [6.07, 6.45) is 3.63. The first-order chi connectivity index (χ1) is 15.5. The summed E-state index contributed by atoms with van der Waals surface area (Å²) in [5, 5.41) is 12.1. The number of allylic oxidation sites excluding steroid dienone is 1. The van der Waals surface area contributed by atoms with Gasteiger partial charge in [-0.2, -0.15) is 0 Å². The number of hydrogen-bond acceptors (Lipinski definition) is 5. The molecule has 10 heteroatoms. The van der Waals surface area contributed by atoms with Crippen molar-refractivity contribution in [1.29, 1.82) is 0 Å². The number of nitrogens with one attached hydrogen (secondary N) is 1. The zero-order chi connectivity index (χ0) is 24.3. The Balaban J connectivity index is 1.69. The fourth-order valence-corrected chi connectivity index (χ4v) is 5.06. The zero-order valence-electron chi connectivity index (χ0n) is 18.9. The molecule has 2 aliphatic heterocycles. The second-order valence-electron chi connectivity index (χ2n) is 8.74. The highest BCUT2D eigenvalue weighted by atomic mass is 32.2. The summed E-state index contributed by atoms with van der Waals surface area (Å²) in [6.45, 7) is 2.20. The molecule has 9 nitrogen and oxygen atoms in total. The molecule has 0 saturated carbocycles. The van der Waals surface area contributed by atoms with Crippen molar-refractivity contribution < 1.29 is 28.8 Å². The average molecular weight is 474 g/mol. The first kappa shape index (κ1) is 24.5. The number of nitrogens with two attached hydrogens (primary N) is 1. The quantitative estimate of drug-likeness (QED) is 0.353. The van der Waals surface area contributed by atoms with E-state index in [0.717, 1.165) is 5.56 Å². The van der Waals surface area contributed by atoms with Gasteiger partial charge in [-0.05, 0) is 24.1 Å². The normalized spacial score (nSPS) is 21.4. The second kappa shape index (κ2) is 9.80. The monoisotopic (exact) mass is 473 g/mol. The molecule has 0 spiro atoms. The minimum Gasteiger partial charge on any atom is -0.477 e. The lowest BCUT2D eigenvalue weighted by Crippen LogP contribution is -2.70. The highest BCUT2D eigenvalue weighted by Gasteiger charge is 2.53. The third kappa shape index (κ3) is 5.28. The number of amides is 3. The van der Waals surface area contributed by atoms with E-state index in [1.165, 1.54) is 16.7 Å². The van der Waals surface area contributed by atoms with E-state index in [1.807, 2.05) is 44.4 Å². The smallest absolute Gasteiger partial charge is 0.352 e. The lowest BCUT2D eigenvalue weighted by Gasteiger charge is -2.49. The van der Waals surface area contributed by atoms with Crippen LogP contribution in [0.1, 0.15) is 12.5 Å². The van der Waals surface area contributed by atoms with Gasteiger partial charge in [-0.15, -0.1) is 11.8 Å². The Bertz CT molecular complexity index is 1020. The zero-order valence-corrected chi connectivity index (χ0v) is 19.7. The van der Waals surface area contributed by atoms with Gasteiger partial charge < -0.3 is 20.6 Å². The summed E-state index contributed by atoms with van der Waals surface area (Å²) < 4.78 is 0.315. The van der Waals surface area contributed by atoms with Crippen LogP contribution in [0.2, 0.25) is 0 Å². The summed E-state index contributed by atoms with van der Waals surface area (Å²) >= 11 is 1.41. The Morgan fingerprint density at radius 2 is 1.97 bits per heavy atom. The number of primary amides is 1. The molecule has 1 aromatic carbocycles. The van der Waals surface area contributed by atoms with E-state index in [9.17, 15) is 24.3 Å². The minimum atomic E-state index is -1.19. The predicted molar refractivity (Wildman–Crippen MR) is 125 cm³/mol. The van der Waals surface area contributed by atoms with Gasteiger partial charge >= 0.3 is 5.97 Å². The van der Waals surface area contributed by atoms with Gasteiger partial charge in [0.2, 0.25) is 5.91 Å². The van der Waals surface area contributed by atoms with Crippen LogP contribution in [0.4, 0.5) is 0 Å². The molecule has 2 heterocycles. The SMILES string of the molecule is C[C@H](C(N)=O)[N+](C)(C)C/C=C/C1=C(C(=O)O)N2C(=O)[C@@H](NC(=O)Cc3ccccc3)[C@H]2SC1. The summed E-state index contributed by atoms with van der Waals surface area (Å²) in [5.74, 6) is -1.94. The Morgan fingerprint density at radius 1 is 1.30 bits per heavy atom. The van der Waals surface area contributed by atoms with Crippen molar-refractivity contribution in [3.05, 3.63) is 59.3 Å². The maximum atomic E-state index is 12.8. The van der Waals surface area contributed by atoms with Crippen LogP contribution in [0.5, 0.6) is 0 Å². The summed E-state index contributed by atoms with van der Waals surface area (Å²) in [5.41, 5.74) is 6.68. The van der Waals surface area contributed by atoms with Crippen molar-refractivity contribution >= 4 is 35.5 Å². The standard InChI is InChI=1S/C23H28N4O5S/c1-14(20(24)29)27(2,3)11-7-10-16-13-33-22-18(21(30)26(22)19(16)23(31)32)25-17(28)12-15-8-5-4-6-9-15/h4-10,14,18,22H,11-13H2,1-3H3,(H3-,24,25,28,29,31,32)/p+1/b10-7+/t14-,18-,22-/m1/s1. The van der Waals surface area contributed by atoms with Gasteiger partial charge in [0.15, 0.2) is 6.04 Å². The maximum absolute atomic E-state index is 12.8. The van der Waals surface area contributed by atoms with Gasteiger partial charge in [0.05, 0.1) is 27.1 Å². The van der Waals surface area contributed by atoms with Crippen molar-refractivity contribution in [3.63, 3.8) is 0 Å². The molecule has 0 aliphatic carbocycles. The minimum absolute atomic E-state index is 0.0678. The number of β-lactam (4-membered cyclic amide) rings is 1. The van der Waals surface area contributed by atoms with Crippen LogP contribution in [0.3, 0.4) is 0 Å². The second-order valence-corrected chi connectivity index (χ2v) is 9.84. The van der Waals surface area contributed by atoms with Gasteiger partial charge in [0, 0.05) is 5.75 Å². The van der Waals surface area contributed by atoms with Crippen molar-refractivity contribution in [2.24, 2.45) is 5.73 Å². The van der Waals surface area contributed by atoms with Crippen molar-refractivity contribution in [2.75, 3.05) is 26.4 Å². The molecule has 0 radical (unpaired) electrons. The van der Waals surface area contributed by atoms with Crippen LogP contribution in [-0.2, 0) is 25.6 Å². The Morgan fingerprint density at radius 3 is 2.58 bits per heavy atom. The Labute approximate surface area is 196 Å². The van der Waals surface area contributed by atoms with E-state index in [2.05, 4.69) is 5.32 Å². The molecule has 3 amide bonds. The van der Waals surface area contributed by atoms with E-state index in [0.29, 0.717) is 22.4 Å². The maximum Gasteiger partial charge on any atom is 0.352 e. The molecule has 3 atom stereocenters. The van der Waals surface area contributed by atoms with Gasteiger partial charge in [-0.25, -0.2) is 4.79 Å². The number of carboxylic acid groups (broad SMARTS) is 1. The Kier molecular flexibility index (Phi) is 7.28. The lowest BCUT2D eigenvalue weighted by atomic mass is 10.0. The molecule has 2 aliphatic rings. The van der Waals surface area contributed by atoms with E-state index in [4.69, 9.17) is 5.73 Å². The van der Waals surface area contributed by atoms with Crippen molar-refractivity contribution in [1.82, 2.24) is 10.2 Å². The molecule has 176 valence electrons. The number of likely N-dealkylation sites (N-methyl/N-ethyl adjacent to an activating group) is 1. The highest BCUT2D eigenvalue weighted by Crippen LogP contribution is 2.40. The van der Waals surface area contributed by atoms with E-state index >= 15 is 0 Å². The topological polar surface area (TPSA) is 130 Å².